The first kappa shape index (κ1) is 24.7. The van der Waals surface area contributed by atoms with E-state index in [0.717, 1.165) is 6.42 Å². The van der Waals surface area contributed by atoms with Gasteiger partial charge in [0.05, 0.1) is 0 Å². The fourth-order valence-corrected chi connectivity index (χ4v) is 3.56. The molecular weight excluding hydrogens is 300 g/mol. The van der Waals surface area contributed by atoms with Crippen molar-refractivity contribution in [2.24, 2.45) is 0 Å². The molecule has 0 heterocycles. The first-order valence-corrected chi connectivity index (χ1v) is 11.6. The molecule has 0 aliphatic rings. The molecule has 0 aromatic rings. The zero-order valence-electron chi connectivity index (χ0n) is 17.4. The van der Waals surface area contributed by atoms with Crippen molar-refractivity contribution in [2.45, 2.75) is 135 Å². The van der Waals surface area contributed by atoms with Crippen LogP contribution < -0.4 is 0 Å². The highest BCUT2D eigenvalue weighted by atomic mass is 14.0. The summed E-state index contributed by atoms with van der Waals surface area (Å²) >= 11 is 0. The minimum Gasteiger partial charge on any atom is -0.0885 e. The van der Waals surface area contributed by atoms with Gasteiger partial charge in [-0.2, -0.15) is 0 Å². The van der Waals surface area contributed by atoms with E-state index in [1.807, 2.05) is 6.08 Å². The summed E-state index contributed by atoms with van der Waals surface area (Å²) < 4.78 is 0. The molecule has 2 radical (unpaired) electrons. The molecule has 0 fully saturated rings. The Morgan fingerprint density at radius 3 is 0.960 bits per heavy atom. The fraction of sp³-hybridized carbons (Fsp3) is 0.840. The maximum atomic E-state index is 3.90. The Balaban J connectivity index is 2.96. The number of allylic oxidation sites excluding steroid dienone is 2. The lowest BCUT2D eigenvalue weighted by atomic mass is 10.0. The van der Waals surface area contributed by atoms with E-state index in [-0.39, 0.29) is 0 Å². The van der Waals surface area contributed by atoms with Crippen LogP contribution in [0.15, 0.2) is 12.2 Å². The first-order valence-electron chi connectivity index (χ1n) is 11.6. The van der Waals surface area contributed by atoms with Crippen molar-refractivity contribution in [1.82, 2.24) is 0 Å². The highest BCUT2D eigenvalue weighted by Crippen LogP contribution is 2.15. The minimum atomic E-state index is 1.12. The van der Waals surface area contributed by atoms with Gasteiger partial charge in [-0.05, 0) is 19.8 Å². The zero-order chi connectivity index (χ0) is 18.3. The predicted octanol–water partition coefficient (Wildman–Crippen LogP) is 9.40. The standard InChI is InChI=1S/C25H48/c1-3-5-7-9-11-13-15-17-19-21-23-25-24-22-20-18-16-14-12-10-8-6-4-2/h3,5H,1-2,4,6-25H2. The third kappa shape index (κ3) is 23.7. The SMILES string of the molecule is [CH2]C=CCCCCCCCCCCCCCCCCCCCCC[CH2]. The van der Waals surface area contributed by atoms with Crippen LogP contribution in [-0.2, 0) is 0 Å². The summed E-state index contributed by atoms with van der Waals surface area (Å²) in [6, 6.07) is 0. The smallest absolute Gasteiger partial charge is 0.0316 e. The van der Waals surface area contributed by atoms with Crippen LogP contribution in [0.5, 0.6) is 0 Å². The third-order valence-corrected chi connectivity index (χ3v) is 5.29. The van der Waals surface area contributed by atoms with Gasteiger partial charge in [-0.25, -0.2) is 0 Å². The highest BCUT2D eigenvalue weighted by molar-refractivity contribution is 4.83. The van der Waals surface area contributed by atoms with E-state index in [2.05, 4.69) is 19.9 Å². The van der Waals surface area contributed by atoms with Gasteiger partial charge < -0.3 is 0 Å². The van der Waals surface area contributed by atoms with Crippen molar-refractivity contribution in [2.75, 3.05) is 0 Å². The second-order valence-electron chi connectivity index (χ2n) is 7.83. The van der Waals surface area contributed by atoms with Gasteiger partial charge in [0.2, 0.25) is 0 Å². The predicted molar refractivity (Wildman–Crippen MR) is 117 cm³/mol. The molecule has 148 valence electrons. The van der Waals surface area contributed by atoms with Crippen LogP contribution in [0.4, 0.5) is 0 Å². The molecule has 0 atom stereocenters. The quantitative estimate of drug-likeness (QED) is 0.181. The van der Waals surface area contributed by atoms with Crippen molar-refractivity contribution in [3.63, 3.8) is 0 Å². The van der Waals surface area contributed by atoms with Crippen molar-refractivity contribution in [1.29, 1.82) is 0 Å². The Bertz CT molecular complexity index is 240. The Labute approximate surface area is 161 Å². The molecule has 0 aliphatic heterocycles. The summed E-state index contributed by atoms with van der Waals surface area (Å²) in [5, 5.41) is 0. The van der Waals surface area contributed by atoms with Crippen LogP contribution in [-0.4, -0.2) is 0 Å². The van der Waals surface area contributed by atoms with E-state index in [0.29, 0.717) is 0 Å². The van der Waals surface area contributed by atoms with Gasteiger partial charge in [0.15, 0.2) is 0 Å². The van der Waals surface area contributed by atoms with E-state index >= 15 is 0 Å². The van der Waals surface area contributed by atoms with E-state index in [1.54, 1.807) is 0 Å². The number of hydrogen-bond acceptors (Lipinski definition) is 0. The number of hydrogen-bond donors (Lipinski definition) is 0. The lowest BCUT2D eigenvalue weighted by Crippen LogP contribution is -1.84. The second-order valence-corrected chi connectivity index (χ2v) is 7.83. The molecule has 0 N–H and O–H groups in total. The minimum absolute atomic E-state index is 1.12. The summed E-state index contributed by atoms with van der Waals surface area (Å²) in [5.74, 6) is 0. The van der Waals surface area contributed by atoms with Crippen LogP contribution in [0.2, 0.25) is 0 Å². The molecule has 0 aliphatic carbocycles. The lowest BCUT2D eigenvalue weighted by Gasteiger charge is -2.04. The summed E-state index contributed by atoms with van der Waals surface area (Å²) in [4.78, 5) is 0. The van der Waals surface area contributed by atoms with Crippen molar-refractivity contribution < 1.29 is 0 Å². The molecular formula is C25H48. The largest absolute Gasteiger partial charge is 0.0885 e. The molecule has 0 unspecified atom stereocenters. The Morgan fingerprint density at radius 1 is 0.400 bits per heavy atom. The van der Waals surface area contributed by atoms with Crippen LogP contribution in [0.1, 0.15) is 135 Å². The van der Waals surface area contributed by atoms with Gasteiger partial charge >= 0.3 is 0 Å². The highest BCUT2D eigenvalue weighted by Gasteiger charge is 1.95. The van der Waals surface area contributed by atoms with Gasteiger partial charge in [-0.15, -0.1) is 0 Å². The van der Waals surface area contributed by atoms with E-state index in [9.17, 15) is 0 Å². The lowest BCUT2D eigenvalue weighted by molar-refractivity contribution is 0.522. The molecule has 0 saturated carbocycles. The van der Waals surface area contributed by atoms with Crippen LogP contribution in [0, 0.1) is 13.8 Å². The average molecular weight is 349 g/mol. The molecule has 0 amide bonds. The Morgan fingerprint density at radius 2 is 0.680 bits per heavy atom. The monoisotopic (exact) mass is 348 g/mol. The summed E-state index contributed by atoms with van der Waals surface area (Å²) in [6.07, 6.45) is 33.9. The number of unbranched alkanes of at least 4 members (excludes halogenated alkanes) is 20. The van der Waals surface area contributed by atoms with Crippen molar-refractivity contribution >= 4 is 0 Å². The van der Waals surface area contributed by atoms with Gasteiger partial charge in [0.1, 0.15) is 0 Å². The fourth-order valence-electron chi connectivity index (χ4n) is 3.56. The summed E-state index contributed by atoms with van der Waals surface area (Å²) in [6.45, 7) is 7.63. The normalized spacial score (nSPS) is 11.6. The zero-order valence-corrected chi connectivity index (χ0v) is 17.4. The molecule has 25 heavy (non-hydrogen) atoms. The third-order valence-electron chi connectivity index (χ3n) is 5.29. The van der Waals surface area contributed by atoms with Crippen LogP contribution in [0.3, 0.4) is 0 Å². The van der Waals surface area contributed by atoms with Gasteiger partial charge in [0.25, 0.3) is 0 Å². The van der Waals surface area contributed by atoms with Crippen LogP contribution in [0.25, 0.3) is 0 Å². The molecule has 0 spiro atoms. The molecule has 0 saturated heterocycles. The Kier molecular flexibility index (Phi) is 23.5. The maximum absolute atomic E-state index is 3.90. The molecule has 0 nitrogen and oxygen atoms in total. The summed E-state index contributed by atoms with van der Waals surface area (Å²) in [5.41, 5.74) is 0. The van der Waals surface area contributed by atoms with Crippen LogP contribution >= 0.6 is 0 Å². The van der Waals surface area contributed by atoms with E-state index < -0.39 is 0 Å². The van der Waals surface area contributed by atoms with E-state index in [1.165, 1.54) is 128 Å². The average Bonchev–Trinajstić information content (AvgIpc) is 2.63. The van der Waals surface area contributed by atoms with Gasteiger partial charge in [0, 0.05) is 0 Å². The number of rotatable bonds is 21. The summed E-state index contributed by atoms with van der Waals surface area (Å²) in [7, 11) is 0. The second kappa shape index (κ2) is 23.7. The molecule has 0 aromatic carbocycles. The van der Waals surface area contributed by atoms with Gasteiger partial charge in [-0.3, -0.25) is 0 Å². The molecule has 0 aromatic heterocycles. The molecule has 0 bridgehead atoms. The van der Waals surface area contributed by atoms with Crippen molar-refractivity contribution in [3.8, 4) is 0 Å². The van der Waals surface area contributed by atoms with Gasteiger partial charge in [-0.1, -0.05) is 141 Å². The topological polar surface area (TPSA) is 0 Å². The first-order chi connectivity index (χ1) is 12.4. The van der Waals surface area contributed by atoms with E-state index in [4.69, 9.17) is 0 Å². The molecule has 0 rings (SSSR count). The van der Waals surface area contributed by atoms with Crippen molar-refractivity contribution in [3.05, 3.63) is 26.0 Å². The molecule has 0 heteroatoms. The Hall–Kier alpha value is -0.260. The maximum Gasteiger partial charge on any atom is -0.0316 e.